The van der Waals surface area contributed by atoms with Crippen molar-refractivity contribution < 1.29 is 4.42 Å². The molecule has 210 valence electrons. The Hall–Kier alpha value is -5.92. The SMILES string of the molecule is c1ccc(-c2cc(-c3ccccc3)c3oc4c(-c5ccccc5)cc(-c5ccccc5)c5cccc(c6cccc2c36)c54)cc1. The third-order valence-electron chi connectivity index (χ3n) is 9.06. The fourth-order valence-electron chi connectivity index (χ4n) is 7.03. The molecule has 1 aromatic heterocycles. The molecule has 1 nitrogen and oxygen atoms in total. The van der Waals surface area contributed by atoms with Crippen LogP contribution in [0.4, 0.5) is 0 Å². The molecule has 9 aromatic rings. The van der Waals surface area contributed by atoms with Gasteiger partial charge in [-0.3, -0.25) is 0 Å². The van der Waals surface area contributed by atoms with Crippen molar-refractivity contribution in [1.29, 1.82) is 0 Å². The molecule has 0 aliphatic carbocycles. The molecule has 8 aromatic carbocycles. The molecule has 1 heterocycles. The van der Waals surface area contributed by atoms with Crippen LogP contribution in [-0.2, 0) is 0 Å². The Balaban J connectivity index is 1.56. The molecule has 0 amide bonds. The second-order valence-corrected chi connectivity index (χ2v) is 11.6. The van der Waals surface area contributed by atoms with Crippen molar-refractivity contribution in [2.45, 2.75) is 0 Å². The summed E-state index contributed by atoms with van der Waals surface area (Å²) in [4.78, 5) is 0. The quantitative estimate of drug-likeness (QED) is 0.204. The van der Waals surface area contributed by atoms with E-state index in [0.717, 1.165) is 44.2 Å². The lowest BCUT2D eigenvalue weighted by Crippen LogP contribution is -1.88. The minimum Gasteiger partial charge on any atom is -0.455 e. The van der Waals surface area contributed by atoms with Gasteiger partial charge in [0.05, 0.1) is 0 Å². The van der Waals surface area contributed by atoms with Crippen LogP contribution in [0, 0.1) is 0 Å². The number of benzene rings is 8. The van der Waals surface area contributed by atoms with Crippen LogP contribution < -0.4 is 0 Å². The van der Waals surface area contributed by atoms with Gasteiger partial charge in [0, 0.05) is 21.9 Å². The van der Waals surface area contributed by atoms with E-state index in [2.05, 4.69) is 170 Å². The van der Waals surface area contributed by atoms with Gasteiger partial charge < -0.3 is 4.42 Å². The summed E-state index contributed by atoms with van der Waals surface area (Å²) >= 11 is 0. The summed E-state index contributed by atoms with van der Waals surface area (Å²) in [6.07, 6.45) is 0. The first-order chi connectivity index (χ1) is 22.3. The molecule has 0 radical (unpaired) electrons. The summed E-state index contributed by atoms with van der Waals surface area (Å²) in [6.45, 7) is 0. The number of rotatable bonds is 4. The molecule has 1 heteroatoms. The molecule has 0 spiro atoms. The third kappa shape index (κ3) is 4.09. The van der Waals surface area contributed by atoms with E-state index in [1.54, 1.807) is 0 Å². The zero-order chi connectivity index (χ0) is 29.7. The van der Waals surface area contributed by atoms with Crippen LogP contribution in [0.1, 0.15) is 0 Å². The Morgan fingerprint density at radius 2 is 0.578 bits per heavy atom. The zero-order valence-corrected chi connectivity index (χ0v) is 24.6. The summed E-state index contributed by atoms with van der Waals surface area (Å²) in [5.41, 5.74) is 11.0. The zero-order valence-electron chi connectivity index (χ0n) is 24.6. The van der Waals surface area contributed by atoms with Crippen molar-refractivity contribution in [3.05, 3.63) is 170 Å². The van der Waals surface area contributed by atoms with E-state index in [1.807, 2.05) is 0 Å². The van der Waals surface area contributed by atoms with Gasteiger partial charge >= 0.3 is 0 Å². The summed E-state index contributed by atoms with van der Waals surface area (Å²) in [6, 6.07) is 60.7. The maximum Gasteiger partial charge on any atom is 0.143 e. The van der Waals surface area contributed by atoms with Crippen molar-refractivity contribution in [2.24, 2.45) is 0 Å². The van der Waals surface area contributed by atoms with E-state index in [4.69, 9.17) is 4.42 Å². The van der Waals surface area contributed by atoms with Crippen LogP contribution >= 0.6 is 0 Å². The Kier molecular flexibility index (Phi) is 5.89. The van der Waals surface area contributed by atoms with Crippen LogP contribution in [0.25, 0.3) is 88.0 Å². The topological polar surface area (TPSA) is 13.1 Å². The van der Waals surface area contributed by atoms with E-state index in [-0.39, 0.29) is 0 Å². The third-order valence-corrected chi connectivity index (χ3v) is 9.06. The number of hydrogen-bond donors (Lipinski definition) is 0. The lowest BCUT2D eigenvalue weighted by molar-refractivity contribution is 0.666. The minimum absolute atomic E-state index is 0.897. The van der Waals surface area contributed by atoms with Gasteiger partial charge in [0.25, 0.3) is 0 Å². The van der Waals surface area contributed by atoms with Crippen LogP contribution in [0.5, 0.6) is 0 Å². The molecule has 0 bridgehead atoms. The second kappa shape index (κ2) is 10.4. The second-order valence-electron chi connectivity index (χ2n) is 11.6. The summed E-state index contributed by atoms with van der Waals surface area (Å²) in [7, 11) is 0. The molecule has 0 aliphatic heterocycles. The lowest BCUT2D eigenvalue weighted by atomic mass is 9.89. The molecule has 45 heavy (non-hydrogen) atoms. The van der Waals surface area contributed by atoms with E-state index in [1.165, 1.54) is 43.8 Å². The first kappa shape index (κ1) is 25.6. The van der Waals surface area contributed by atoms with Gasteiger partial charge in [-0.15, -0.1) is 0 Å². The van der Waals surface area contributed by atoms with Gasteiger partial charge in [-0.25, -0.2) is 0 Å². The molecule has 0 N–H and O–H groups in total. The maximum atomic E-state index is 7.40. The van der Waals surface area contributed by atoms with E-state index < -0.39 is 0 Å². The largest absolute Gasteiger partial charge is 0.455 e. The Morgan fingerprint density at radius 1 is 0.267 bits per heavy atom. The molecular weight excluding hydrogens is 544 g/mol. The van der Waals surface area contributed by atoms with Crippen molar-refractivity contribution in [3.8, 4) is 44.5 Å². The highest BCUT2D eigenvalue weighted by Gasteiger charge is 2.21. The molecular formula is C44H28O. The molecule has 0 saturated heterocycles. The molecule has 0 fully saturated rings. The van der Waals surface area contributed by atoms with E-state index >= 15 is 0 Å². The standard InChI is InChI=1S/C44H28O/c1-5-15-29(16-6-1)37-27-39(31-19-9-3-10-20-31)43-41-33(23-13-25-35(37)41)34-24-14-26-36-38(30-17-7-2-8-18-30)28-40(44(45-43)42(34)36)32-21-11-4-12-22-32/h1-28H. The van der Waals surface area contributed by atoms with Crippen molar-refractivity contribution >= 4 is 43.5 Å². The van der Waals surface area contributed by atoms with Gasteiger partial charge in [-0.1, -0.05) is 158 Å². The van der Waals surface area contributed by atoms with Crippen LogP contribution in [0.2, 0.25) is 0 Å². The first-order valence-corrected chi connectivity index (χ1v) is 15.4. The van der Waals surface area contributed by atoms with Gasteiger partial charge in [0.2, 0.25) is 0 Å². The number of hydrogen-bond acceptors (Lipinski definition) is 1. The normalized spacial score (nSPS) is 11.6. The average molecular weight is 573 g/mol. The Labute approximate surface area is 261 Å². The summed E-state index contributed by atoms with van der Waals surface area (Å²) < 4.78 is 7.40. The van der Waals surface area contributed by atoms with Crippen molar-refractivity contribution in [1.82, 2.24) is 0 Å². The predicted molar refractivity (Wildman–Crippen MR) is 190 cm³/mol. The fraction of sp³-hybridized carbons (Fsp3) is 0. The van der Waals surface area contributed by atoms with Gasteiger partial charge in [-0.05, 0) is 67.1 Å². The van der Waals surface area contributed by atoms with Crippen molar-refractivity contribution in [3.63, 3.8) is 0 Å². The highest BCUT2D eigenvalue weighted by atomic mass is 16.3. The highest BCUT2D eigenvalue weighted by molar-refractivity contribution is 6.29. The Bertz CT molecular complexity index is 2310. The molecule has 0 atom stereocenters. The van der Waals surface area contributed by atoms with Gasteiger partial charge in [0.15, 0.2) is 0 Å². The van der Waals surface area contributed by atoms with Crippen LogP contribution in [0.3, 0.4) is 0 Å². The van der Waals surface area contributed by atoms with E-state index in [9.17, 15) is 0 Å². The van der Waals surface area contributed by atoms with Crippen LogP contribution in [-0.4, -0.2) is 0 Å². The Morgan fingerprint density at radius 3 is 0.933 bits per heavy atom. The molecule has 0 saturated carbocycles. The lowest BCUT2D eigenvalue weighted by Gasteiger charge is -2.14. The maximum absolute atomic E-state index is 7.40. The first-order valence-electron chi connectivity index (χ1n) is 15.4. The molecule has 9 rings (SSSR count). The molecule has 0 aliphatic rings. The summed E-state index contributed by atoms with van der Waals surface area (Å²) in [5, 5.41) is 7.02. The van der Waals surface area contributed by atoms with Crippen LogP contribution in [0.15, 0.2) is 174 Å². The van der Waals surface area contributed by atoms with E-state index in [0.29, 0.717) is 0 Å². The van der Waals surface area contributed by atoms with Crippen molar-refractivity contribution in [2.75, 3.05) is 0 Å². The monoisotopic (exact) mass is 572 g/mol. The number of fused-ring (bicyclic) bond motifs is 1. The minimum atomic E-state index is 0.897. The highest BCUT2D eigenvalue weighted by Crippen LogP contribution is 2.47. The average Bonchev–Trinajstić information content (AvgIpc) is 3.27. The van der Waals surface area contributed by atoms with Gasteiger partial charge in [-0.2, -0.15) is 0 Å². The molecule has 0 unspecified atom stereocenters. The van der Waals surface area contributed by atoms with Gasteiger partial charge in [0.1, 0.15) is 11.2 Å². The smallest absolute Gasteiger partial charge is 0.143 e. The fourth-order valence-corrected chi connectivity index (χ4v) is 7.03. The summed E-state index contributed by atoms with van der Waals surface area (Å²) in [5.74, 6) is 0. The predicted octanol–water partition coefficient (Wildman–Crippen LogP) is 12.6.